The molecule has 37 heteroatoms. The molecular formula is C109H123F2N19O16. The molecule has 1 saturated carbocycles. The Morgan fingerprint density at radius 2 is 0.795 bits per heavy atom. The van der Waals surface area contributed by atoms with Gasteiger partial charge in [0.05, 0.1) is 84.7 Å². The average Bonchev–Trinajstić information content (AvgIpc) is 1.57. The van der Waals surface area contributed by atoms with E-state index in [1.807, 2.05) is 118 Å². The summed E-state index contributed by atoms with van der Waals surface area (Å²) in [5.41, 5.74) is 11.4. The summed E-state index contributed by atoms with van der Waals surface area (Å²) in [5, 5.41) is 15.2. The van der Waals surface area contributed by atoms with Gasteiger partial charge in [-0.1, -0.05) is 61.7 Å². The molecule has 9 aliphatic heterocycles. The van der Waals surface area contributed by atoms with Gasteiger partial charge in [-0.2, -0.15) is 8.78 Å². The van der Waals surface area contributed by atoms with Crippen LogP contribution in [0.2, 0.25) is 0 Å². The van der Waals surface area contributed by atoms with E-state index < -0.39 is 19.1 Å². The van der Waals surface area contributed by atoms with Crippen LogP contribution in [0.25, 0.3) is 44.1 Å². The number of aryl methyl sites for hydroxylation is 3. The first-order valence-corrected chi connectivity index (χ1v) is 50.3. The van der Waals surface area contributed by atoms with Crippen molar-refractivity contribution in [3.05, 3.63) is 223 Å². The number of nitrogens with zero attached hydrogens (tertiary/aromatic N) is 14. The van der Waals surface area contributed by atoms with Gasteiger partial charge >= 0.3 is 5.92 Å². The molecule has 5 fully saturated rings. The highest BCUT2D eigenvalue weighted by molar-refractivity contribution is 6.09. The number of amides is 8. The number of rotatable bonds is 17. The minimum absolute atomic E-state index is 0.0429. The van der Waals surface area contributed by atoms with Gasteiger partial charge in [0.1, 0.15) is 47.8 Å². The number of fused-ring (bicyclic) bond motifs is 12. The van der Waals surface area contributed by atoms with E-state index in [0.717, 1.165) is 134 Å². The third-order valence-electron chi connectivity index (χ3n) is 27.5. The Balaban J connectivity index is 0.000000128. The molecule has 1 unspecified atom stereocenters. The van der Waals surface area contributed by atoms with Crippen molar-refractivity contribution in [2.45, 2.75) is 166 Å². The van der Waals surface area contributed by atoms with Crippen molar-refractivity contribution in [2.24, 2.45) is 0 Å². The molecule has 5 atom stereocenters. The van der Waals surface area contributed by atoms with Gasteiger partial charge in [0.2, 0.25) is 47.4 Å². The van der Waals surface area contributed by atoms with Gasteiger partial charge in [0.25, 0.3) is 23.6 Å². The van der Waals surface area contributed by atoms with Crippen LogP contribution in [0, 0.1) is 20.8 Å². The zero-order valence-corrected chi connectivity index (χ0v) is 82.7. The molecule has 0 bridgehead atoms. The van der Waals surface area contributed by atoms with Crippen molar-refractivity contribution >= 4 is 121 Å². The number of alkyl halides is 2. The molecule has 0 radical (unpaired) electrons. The lowest BCUT2D eigenvalue weighted by molar-refractivity contribution is -0.127. The number of pyridine rings is 1. The van der Waals surface area contributed by atoms with Crippen LogP contribution in [-0.4, -0.2) is 246 Å². The second-order valence-electron chi connectivity index (χ2n) is 38.1. The summed E-state index contributed by atoms with van der Waals surface area (Å²) in [7, 11) is 0. The number of ether oxygens (including phenoxy) is 8. The van der Waals surface area contributed by atoms with Crippen LogP contribution in [0.4, 0.5) is 38.3 Å². The van der Waals surface area contributed by atoms with Crippen LogP contribution < -0.4 is 64.6 Å². The zero-order valence-electron chi connectivity index (χ0n) is 82.7. The van der Waals surface area contributed by atoms with Gasteiger partial charge in [0, 0.05) is 105 Å². The Bertz CT molecular complexity index is 6900. The van der Waals surface area contributed by atoms with Crippen LogP contribution in [0.1, 0.15) is 175 Å². The predicted molar refractivity (Wildman–Crippen MR) is 550 cm³/mol. The average molecular weight is 1990 g/mol. The van der Waals surface area contributed by atoms with E-state index in [4.69, 9.17) is 52.8 Å². The van der Waals surface area contributed by atoms with Gasteiger partial charge in [-0.25, -0.2) is 19.9 Å². The first kappa shape index (κ1) is 101. The number of halogens is 2. The second kappa shape index (κ2) is 45.2. The van der Waals surface area contributed by atoms with E-state index in [1.165, 1.54) is 37.1 Å². The number of hydrogen-bond donors (Lipinski definition) is 5. The Morgan fingerprint density at radius 3 is 1.24 bits per heavy atom. The Hall–Kier alpha value is -15.4. The van der Waals surface area contributed by atoms with Gasteiger partial charge in [-0.05, 0) is 245 Å². The number of anilines is 5. The molecule has 146 heavy (non-hydrogen) atoms. The van der Waals surface area contributed by atoms with Crippen LogP contribution in [0.5, 0.6) is 40.2 Å². The molecule has 4 saturated heterocycles. The summed E-state index contributed by atoms with van der Waals surface area (Å²) in [4.78, 5) is 136. The number of dihydropyridines is 1. The highest BCUT2D eigenvalue weighted by Gasteiger charge is 2.42. The molecule has 0 spiro atoms. The van der Waals surface area contributed by atoms with Gasteiger partial charge in [-0.15, -0.1) is 0 Å². The largest absolute Gasteiger partial charge is 0.489 e. The summed E-state index contributed by atoms with van der Waals surface area (Å²) >= 11 is 0. The fraction of sp³-hybridized carbons (Fsp3) is 0.404. The highest BCUT2D eigenvalue weighted by atomic mass is 19.3. The number of carbonyl (C=O) groups is 8. The molecule has 10 aliphatic rings. The van der Waals surface area contributed by atoms with Crippen LogP contribution in [-0.2, 0) is 28.7 Å². The molecule has 1 aliphatic carbocycles. The van der Waals surface area contributed by atoms with E-state index in [2.05, 4.69) is 72.3 Å². The number of hydrogen-bond acceptors (Lipinski definition) is 23. The quantitative estimate of drug-likeness (QED) is 0.0529. The highest BCUT2D eigenvalue weighted by Crippen LogP contribution is 2.50. The van der Waals surface area contributed by atoms with Crippen molar-refractivity contribution in [2.75, 3.05) is 145 Å². The Morgan fingerprint density at radius 1 is 0.404 bits per heavy atom. The number of aromatic nitrogens is 9. The molecule has 14 heterocycles. The zero-order chi connectivity index (χ0) is 102. The molecular weight excluding hydrogens is 1870 g/mol. The van der Waals surface area contributed by atoms with Crippen LogP contribution in [0.15, 0.2) is 190 Å². The summed E-state index contributed by atoms with van der Waals surface area (Å²) in [6, 6.07) is 32.7. The molecule has 5 N–H and O–H groups in total. The maximum absolute atomic E-state index is 14.1. The van der Waals surface area contributed by atoms with Crippen molar-refractivity contribution < 1.29 is 85.0 Å². The third-order valence-corrected chi connectivity index (χ3v) is 27.5. The SMILES string of the molecule is C=CC(=O)N1CCCC[C@@H](n2c(NC(=O)C3=CC(C)NC=C3)nc3ccc4c(c32)OCCOCCO4)C1.C=CC(=O)N1CCCC[C@@H](n2c(NC(=O)c3cccc(C)c3)nc3ccc4c(c32)OCC(F)(F)CO4)C1.C=CC(=O)N1CCCC[C@@H](n2c(NC(=O)c3cccc(C)c3)nc3ccc4c(c32)OCCCO4)C1.C=CC(=O)N1CCCC[C@@H](n2c(NC(=O)c3ccnc(C)c3)nc3ccc4c(c32)N(C2CC2)CCO4)C1. The van der Waals surface area contributed by atoms with Crippen LogP contribution in [0.3, 0.4) is 0 Å². The van der Waals surface area contributed by atoms with Crippen LogP contribution >= 0.6 is 0 Å². The lowest BCUT2D eigenvalue weighted by Crippen LogP contribution is -2.36. The van der Waals surface area contributed by atoms with E-state index in [0.29, 0.717) is 196 Å². The third kappa shape index (κ3) is 22.7. The van der Waals surface area contributed by atoms with Crippen molar-refractivity contribution in [3.63, 3.8) is 0 Å². The predicted octanol–water partition coefficient (Wildman–Crippen LogP) is 16.3. The molecule has 8 amide bonds. The minimum atomic E-state index is -3.16. The van der Waals surface area contributed by atoms with Gasteiger partial charge in [-0.3, -0.25) is 64.6 Å². The van der Waals surface area contributed by atoms with Crippen molar-refractivity contribution in [1.82, 2.24) is 68.1 Å². The van der Waals surface area contributed by atoms with Gasteiger partial charge < -0.3 is 86.0 Å². The smallest absolute Gasteiger partial charge is 0.314 e. The van der Waals surface area contributed by atoms with E-state index in [1.54, 1.807) is 76.5 Å². The number of imidazole rings is 4. The lowest BCUT2D eigenvalue weighted by atomic mass is 10.1. The molecule has 21 rings (SSSR count). The summed E-state index contributed by atoms with van der Waals surface area (Å²) < 4.78 is 83.2. The number of nitrogens with one attached hydrogen (secondary N) is 5. The normalized spacial score (nSPS) is 19.7. The topological polar surface area (TPSA) is 371 Å². The maximum Gasteiger partial charge on any atom is 0.314 e. The standard InChI is InChI=1S/C28H32N6O3.C27H28F2N4O4.C27H33N5O5.C27H30N4O4/c1-3-24(35)32-13-5-4-6-21(17-32)34-25-22(9-10-23-26(25)33(14-15-37-23)20-7-8-20)30-28(34)31-27(36)19-11-12-29-18(2)16-19;1-3-22(34)32-12-5-4-9-19(14-32)33-23-20(10-11-21-24(23)37-16-27(28,29)15-36-21)30-26(33)31-25(35)18-8-6-7-17(2)13-18;1-3-23(33)31-11-5-4-6-20(17-31)32-24-21(7-8-22-25(24)37-15-13-35-12-14-36-22)29-27(32)30-26(34)19-9-10-28-18(2)16-19;1-3-23(32)30-13-5-4-10-20(17-30)31-24-21(11-12-22-25(24)35-15-7-14-34-22)28-27(31)29-26(33)19-9-6-8-18(2)16-19/h3,9-12,16,20-21H,1,4-8,13-15,17H2,2H3,(H,30,31,36);3,6-8,10-11,13,19H,1,4-5,9,12,14-16H2,2H3,(H,30,31,35);3,7-10,16,18,20,28H,1,4-6,11-15,17H2,2H3,(H,29,30,34);3,6,8-9,11-12,16,20H,1,4-5,7,10,13-15,17H2,2H3,(H,28,29,33)/t21-;19-;18?,20-;20-/m1111/s1. The first-order chi connectivity index (χ1) is 70.9. The number of benzene rings is 6. The molecule has 6 aromatic carbocycles. The van der Waals surface area contributed by atoms with E-state index >= 15 is 0 Å². The van der Waals surface area contributed by atoms with E-state index in [9.17, 15) is 47.1 Å². The van der Waals surface area contributed by atoms with Gasteiger partial charge in [0.15, 0.2) is 47.7 Å². The lowest BCUT2D eigenvalue weighted by Gasteiger charge is -2.33. The molecule has 35 nitrogen and oxygen atoms in total. The Labute approximate surface area is 844 Å². The van der Waals surface area contributed by atoms with E-state index in [-0.39, 0.29) is 94.9 Å². The molecule has 5 aromatic heterocycles. The monoisotopic (exact) mass is 1990 g/mol. The fourth-order valence-electron chi connectivity index (χ4n) is 20.4. The maximum atomic E-state index is 14.1. The number of carbonyl (C=O) groups excluding carboxylic acids is 8. The fourth-order valence-corrected chi connectivity index (χ4v) is 20.4. The van der Waals surface area contributed by atoms with Crippen molar-refractivity contribution in [3.8, 4) is 40.2 Å². The summed E-state index contributed by atoms with van der Waals surface area (Å²) in [6.07, 6.45) is 25.9. The first-order valence-electron chi connectivity index (χ1n) is 50.3. The summed E-state index contributed by atoms with van der Waals surface area (Å²) in [5.74, 6) is 0.505. The Kier molecular flexibility index (Phi) is 31.2. The van der Waals surface area contributed by atoms with Crippen molar-refractivity contribution in [1.29, 1.82) is 0 Å². The molecule has 764 valence electrons. The second-order valence-corrected chi connectivity index (χ2v) is 38.1. The summed E-state index contributed by atoms with van der Waals surface area (Å²) in [6.45, 7) is 29.4. The molecule has 11 aromatic rings. The minimum Gasteiger partial charge on any atom is -0.489 e. The number of likely N-dealkylation sites (tertiary alicyclic amines) is 4.